The number of ether oxygens (including phenoxy) is 1. The predicted molar refractivity (Wildman–Crippen MR) is 95.7 cm³/mol. The van der Waals surface area contributed by atoms with Crippen molar-refractivity contribution >= 4 is 28.7 Å². The molecule has 2 rings (SSSR count). The highest BCUT2D eigenvalue weighted by Gasteiger charge is 2.13. The largest absolute Gasteiger partial charge is 0.489 e. The fourth-order valence-corrected chi connectivity index (χ4v) is 2.02. The Labute approximate surface area is 146 Å². The van der Waals surface area contributed by atoms with Crippen LogP contribution in [-0.4, -0.2) is 27.6 Å². The lowest BCUT2D eigenvalue weighted by atomic mass is 10.2. The van der Waals surface area contributed by atoms with E-state index in [1.165, 1.54) is 25.4 Å². The molecule has 0 bridgehead atoms. The van der Waals surface area contributed by atoms with Crippen LogP contribution in [0.25, 0.3) is 0 Å². The second-order valence-corrected chi connectivity index (χ2v) is 5.84. The number of benzene rings is 1. The quantitative estimate of drug-likeness (QED) is 0.797. The van der Waals surface area contributed by atoms with Crippen LogP contribution in [0.5, 0.6) is 5.75 Å². The number of nitrogens with one attached hydrogen (secondary N) is 1. The molecule has 1 heterocycles. The number of carbonyl (C=O) groups is 1. The van der Waals surface area contributed by atoms with Crippen molar-refractivity contribution < 1.29 is 13.9 Å². The minimum Gasteiger partial charge on any atom is -0.489 e. The number of Topliss-reactive ketones (excluding diaryl/α,β-unsaturated/α-hetero) is 1. The van der Waals surface area contributed by atoms with E-state index in [0.717, 1.165) is 0 Å². The van der Waals surface area contributed by atoms with E-state index in [4.69, 9.17) is 4.74 Å². The minimum absolute atomic E-state index is 0.119. The summed E-state index contributed by atoms with van der Waals surface area (Å²) in [6.45, 7) is 8.56. The maximum absolute atomic E-state index is 13.5. The highest BCUT2D eigenvalue weighted by atomic mass is 19.1. The molecular weight excluding hydrogens is 323 g/mol. The Kier molecular flexibility index (Phi) is 5.80. The maximum Gasteiger partial charge on any atom is 0.173 e. The van der Waals surface area contributed by atoms with Crippen LogP contribution in [0, 0.1) is 12.7 Å². The molecule has 0 aliphatic rings. The predicted octanol–water partition coefficient (Wildman–Crippen LogP) is 4.14. The van der Waals surface area contributed by atoms with Crippen LogP contribution in [0.2, 0.25) is 0 Å². The van der Waals surface area contributed by atoms with Crippen LogP contribution in [0.1, 0.15) is 33.4 Å². The Morgan fingerprint density at radius 3 is 2.64 bits per heavy atom. The number of hydrogen-bond acceptors (Lipinski definition) is 6. The van der Waals surface area contributed by atoms with Gasteiger partial charge >= 0.3 is 0 Å². The number of rotatable bonds is 6. The minimum atomic E-state index is -0.397. The summed E-state index contributed by atoms with van der Waals surface area (Å²) < 4.78 is 19.2. The summed E-state index contributed by atoms with van der Waals surface area (Å²) in [7, 11) is 0. The molecule has 0 aliphatic carbocycles. The summed E-state index contributed by atoms with van der Waals surface area (Å²) >= 11 is 0. The van der Waals surface area contributed by atoms with Gasteiger partial charge in [-0.25, -0.2) is 19.4 Å². The van der Waals surface area contributed by atoms with Crippen molar-refractivity contribution in [1.29, 1.82) is 0 Å². The Morgan fingerprint density at radius 2 is 2.00 bits per heavy atom. The topological polar surface area (TPSA) is 76.5 Å². The van der Waals surface area contributed by atoms with E-state index in [0.29, 0.717) is 34.3 Å². The second kappa shape index (κ2) is 7.83. The molecular formula is C18H21FN4O2. The Morgan fingerprint density at radius 1 is 1.28 bits per heavy atom. The molecule has 6 nitrogen and oxygen atoms in total. The Hall–Kier alpha value is -2.83. The average molecular weight is 344 g/mol. The number of aromatic nitrogens is 2. The summed E-state index contributed by atoms with van der Waals surface area (Å²) in [5, 5.41) is 3.10. The molecule has 0 amide bonds. The van der Waals surface area contributed by atoms with Crippen LogP contribution in [0.15, 0.2) is 29.5 Å². The van der Waals surface area contributed by atoms with E-state index < -0.39 is 5.82 Å². The number of aryl methyl sites for hydroxylation is 1. The van der Waals surface area contributed by atoms with E-state index in [1.54, 1.807) is 19.9 Å². The lowest BCUT2D eigenvalue weighted by Gasteiger charge is -2.16. The molecule has 0 spiro atoms. The van der Waals surface area contributed by atoms with Crippen molar-refractivity contribution in [2.45, 2.75) is 40.7 Å². The van der Waals surface area contributed by atoms with Crippen LogP contribution < -0.4 is 10.1 Å². The van der Waals surface area contributed by atoms with Gasteiger partial charge in [0.15, 0.2) is 11.6 Å². The first kappa shape index (κ1) is 18.5. The van der Waals surface area contributed by atoms with Gasteiger partial charge in [0.05, 0.1) is 23.2 Å². The molecule has 2 aromatic rings. The molecule has 0 atom stereocenters. The molecule has 0 aliphatic heterocycles. The zero-order chi connectivity index (χ0) is 18.6. The number of anilines is 2. The third-order valence-electron chi connectivity index (χ3n) is 3.35. The van der Waals surface area contributed by atoms with Crippen molar-refractivity contribution in [2.24, 2.45) is 4.99 Å². The fourth-order valence-electron chi connectivity index (χ4n) is 2.02. The number of nitrogens with zero attached hydrogens (tertiary/aromatic N) is 3. The van der Waals surface area contributed by atoms with Gasteiger partial charge in [-0.15, -0.1) is 0 Å². The SMILES string of the molecule is CC(=O)/C(C)=N/c1c(C)ncnc1Nc1ccc(F)cc1OC(C)C. The van der Waals surface area contributed by atoms with E-state index >= 15 is 0 Å². The highest BCUT2D eigenvalue weighted by Crippen LogP contribution is 2.33. The number of halogens is 1. The molecule has 0 saturated carbocycles. The molecule has 0 unspecified atom stereocenters. The molecule has 1 aromatic carbocycles. The van der Waals surface area contributed by atoms with Gasteiger partial charge in [0.2, 0.25) is 0 Å². The van der Waals surface area contributed by atoms with E-state index in [9.17, 15) is 9.18 Å². The van der Waals surface area contributed by atoms with Crippen molar-refractivity contribution in [2.75, 3.05) is 5.32 Å². The number of carbonyl (C=O) groups excluding carboxylic acids is 1. The monoisotopic (exact) mass is 344 g/mol. The lowest BCUT2D eigenvalue weighted by molar-refractivity contribution is -0.111. The zero-order valence-electron chi connectivity index (χ0n) is 14.9. The van der Waals surface area contributed by atoms with Gasteiger partial charge in [0, 0.05) is 13.0 Å². The molecule has 1 N–H and O–H groups in total. The van der Waals surface area contributed by atoms with Crippen molar-refractivity contribution in [3.8, 4) is 5.75 Å². The van der Waals surface area contributed by atoms with Gasteiger partial charge in [-0.05, 0) is 39.8 Å². The summed E-state index contributed by atoms with van der Waals surface area (Å²) in [6, 6.07) is 4.20. The van der Waals surface area contributed by atoms with Crippen molar-refractivity contribution in [1.82, 2.24) is 9.97 Å². The molecule has 7 heteroatoms. The first-order chi connectivity index (χ1) is 11.8. The van der Waals surface area contributed by atoms with E-state index in [1.807, 2.05) is 13.8 Å². The smallest absolute Gasteiger partial charge is 0.173 e. The van der Waals surface area contributed by atoms with Crippen LogP contribution in [0.4, 0.5) is 21.6 Å². The first-order valence-electron chi connectivity index (χ1n) is 7.89. The highest BCUT2D eigenvalue weighted by molar-refractivity contribution is 6.38. The fraction of sp³-hybridized carbons (Fsp3) is 0.333. The molecule has 25 heavy (non-hydrogen) atoms. The summed E-state index contributed by atoms with van der Waals surface area (Å²) in [5.41, 5.74) is 1.96. The van der Waals surface area contributed by atoms with Gasteiger partial charge in [0.25, 0.3) is 0 Å². The van der Waals surface area contributed by atoms with Gasteiger partial charge in [0.1, 0.15) is 23.6 Å². The molecule has 0 fully saturated rings. The van der Waals surface area contributed by atoms with Crippen LogP contribution >= 0.6 is 0 Å². The van der Waals surface area contributed by atoms with Gasteiger partial charge in [-0.3, -0.25) is 4.79 Å². The summed E-state index contributed by atoms with van der Waals surface area (Å²) in [6.07, 6.45) is 1.28. The van der Waals surface area contributed by atoms with E-state index in [-0.39, 0.29) is 11.9 Å². The normalized spacial score (nSPS) is 11.6. The maximum atomic E-state index is 13.5. The standard InChI is InChI=1S/C18H21FN4O2/c1-10(2)25-16-8-14(19)6-7-15(16)23-18-17(12(4)20-9-21-18)22-11(3)13(5)24/h6-10H,1-5H3,(H,20,21,23)/b22-11+. The van der Waals surface area contributed by atoms with Crippen LogP contribution in [-0.2, 0) is 4.79 Å². The third kappa shape index (κ3) is 4.82. The lowest BCUT2D eigenvalue weighted by Crippen LogP contribution is -2.08. The molecule has 1 aromatic heterocycles. The summed E-state index contributed by atoms with van der Waals surface area (Å²) in [5.74, 6) is 0.239. The zero-order valence-corrected chi connectivity index (χ0v) is 14.9. The Bertz CT molecular complexity index is 819. The number of hydrogen-bond donors (Lipinski definition) is 1. The number of ketones is 1. The van der Waals surface area contributed by atoms with Gasteiger partial charge in [-0.2, -0.15) is 0 Å². The van der Waals surface area contributed by atoms with Gasteiger partial charge < -0.3 is 10.1 Å². The van der Waals surface area contributed by atoms with Crippen LogP contribution in [0.3, 0.4) is 0 Å². The second-order valence-electron chi connectivity index (χ2n) is 5.84. The third-order valence-corrected chi connectivity index (χ3v) is 3.35. The average Bonchev–Trinajstić information content (AvgIpc) is 2.52. The van der Waals surface area contributed by atoms with E-state index in [2.05, 4.69) is 20.3 Å². The Balaban J connectivity index is 2.47. The molecule has 0 saturated heterocycles. The molecule has 0 radical (unpaired) electrons. The van der Waals surface area contributed by atoms with Crippen molar-refractivity contribution in [3.05, 3.63) is 36.0 Å². The van der Waals surface area contributed by atoms with Crippen molar-refractivity contribution in [3.63, 3.8) is 0 Å². The summed E-state index contributed by atoms with van der Waals surface area (Å²) in [4.78, 5) is 24.1. The molecule has 132 valence electrons. The first-order valence-corrected chi connectivity index (χ1v) is 7.89. The number of aliphatic imine (C=N–C) groups is 1. The van der Waals surface area contributed by atoms with Gasteiger partial charge in [-0.1, -0.05) is 0 Å².